The first-order valence-corrected chi connectivity index (χ1v) is 10.0. The number of benzene rings is 2. The number of anilines is 1. The Morgan fingerprint density at radius 2 is 1.96 bits per heavy atom. The summed E-state index contributed by atoms with van der Waals surface area (Å²) in [5.74, 6) is 0.743. The summed E-state index contributed by atoms with van der Waals surface area (Å²) < 4.78 is 5.87. The Kier molecular flexibility index (Phi) is 6.74. The van der Waals surface area contributed by atoms with E-state index in [1.165, 1.54) is 17.7 Å². The molecule has 1 atom stereocenters. The summed E-state index contributed by atoms with van der Waals surface area (Å²) in [6.45, 7) is 6.62. The van der Waals surface area contributed by atoms with E-state index in [-0.39, 0.29) is 5.91 Å². The van der Waals surface area contributed by atoms with Crippen LogP contribution in [0.15, 0.2) is 48.5 Å². The van der Waals surface area contributed by atoms with Crippen molar-refractivity contribution in [1.82, 2.24) is 5.32 Å². The number of aryl methyl sites for hydroxylation is 2. The molecule has 1 aliphatic heterocycles. The molecule has 0 saturated carbocycles. The van der Waals surface area contributed by atoms with Crippen molar-refractivity contribution in [3.05, 3.63) is 59.7 Å². The molecular weight excluding hydrogens is 336 g/mol. The highest BCUT2D eigenvalue weighted by atomic mass is 16.5. The van der Waals surface area contributed by atoms with Crippen LogP contribution in [0.4, 0.5) is 5.69 Å². The SMILES string of the molecule is CCc1ccccc1O[C@H](C)C(=O)NCCCN1CCCc2ccccc21. The van der Waals surface area contributed by atoms with Gasteiger partial charge in [-0.2, -0.15) is 0 Å². The standard InChI is InChI=1S/C23H30N2O2/c1-3-19-10-5-7-14-22(19)27-18(2)23(26)24-15-9-17-25-16-8-12-20-11-4-6-13-21(20)25/h4-7,10-11,13-14,18H,3,8-9,12,15-17H2,1-2H3,(H,24,26)/t18-/m1/s1. The number of hydrogen-bond acceptors (Lipinski definition) is 3. The van der Waals surface area contributed by atoms with Crippen LogP contribution in [0.3, 0.4) is 0 Å². The Morgan fingerprint density at radius 1 is 1.19 bits per heavy atom. The van der Waals surface area contributed by atoms with Gasteiger partial charge in [0.2, 0.25) is 0 Å². The smallest absolute Gasteiger partial charge is 0.260 e. The molecule has 1 amide bonds. The Hall–Kier alpha value is -2.49. The number of hydrogen-bond donors (Lipinski definition) is 1. The second kappa shape index (κ2) is 9.45. The summed E-state index contributed by atoms with van der Waals surface area (Å²) >= 11 is 0. The van der Waals surface area contributed by atoms with Gasteiger partial charge in [0.1, 0.15) is 5.75 Å². The largest absolute Gasteiger partial charge is 0.481 e. The zero-order chi connectivity index (χ0) is 19.1. The fraction of sp³-hybridized carbons (Fsp3) is 0.435. The van der Waals surface area contributed by atoms with E-state index < -0.39 is 6.10 Å². The minimum Gasteiger partial charge on any atom is -0.481 e. The molecule has 1 N–H and O–H groups in total. The summed E-state index contributed by atoms with van der Waals surface area (Å²) in [5.41, 5.74) is 3.91. The highest BCUT2D eigenvalue weighted by molar-refractivity contribution is 5.80. The van der Waals surface area contributed by atoms with Gasteiger partial charge >= 0.3 is 0 Å². The van der Waals surface area contributed by atoms with Crippen molar-refractivity contribution in [2.45, 2.75) is 45.6 Å². The molecule has 0 aliphatic carbocycles. The summed E-state index contributed by atoms with van der Waals surface area (Å²) in [5, 5.41) is 3.01. The monoisotopic (exact) mass is 366 g/mol. The molecule has 2 aromatic carbocycles. The molecule has 2 aromatic rings. The van der Waals surface area contributed by atoms with Crippen LogP contribution in [-0.4, -0.2) is 31.6 Å². The maximum atomic E-state index is 12.3. The van der Waals surface area contributed by atoms with E-state index in [0.29, 0.717) is 6.54 Å². The van der Waals surface area contributed by atoms with Crippen molar-refractivity contribution in [3.8, 4) is 5.75 Å². The lowest BCUT2D eigenvalue weighted by Crippen LogP contribution is -2.38. The summed E-state index contributed by atoms with van der Waals surface area (Å²) in [6, 6.07) is 16.5. The molecule has 144 valence electrons. The van der Waals surface area contributed by atoms with Crippen LogP contribution in [0.2, 0.25) is 0 Å². The second-order valence-electron chi connectivity index (χ2n) is 7.09. The lowest BCUT2D eigenvalue weighted by Gasteiger charge is -2.31. The number of carbonyl (C=O) groups is 1. The molecule has 0 fully saturated rings. The number of ether oxygens (including phenoxy) is 1. The van der Waals surface area contributed by atoms with E-state index in [1.54, 1.807) is 0 Å². The molecule has 1 aliphatic rings. The predicted octanol–water partition coefficient (Wildman–Crippen LogP) is 3.98. The fourth-order valence-corrected chi connectivity index (χ4v) is 3.62. The highest BCUT2D eigenvalue weighted by Crippen LogP contribution is 2.26. The van der Waals surface area contributed by atoms with Gasteiger partial charge in [0.15, 0.2) is 6.10 Å². The minimum atomic E-state index is -0.492. The number of rotatable bonds is 8. The number of amides is 1. The molecule has 0 aromatic heterocycles. The Morgan fingerprint density at radius 3 is 2.81 bits per heavy atom. The van der Waals surface area contributed by atoms with Gasteiger partial charge < -0.3 is 15.0 Å². The molecule has 4 heteroatoms. The Bertz CT molecular complexity index is 760. The van der Waals surface area contributed by atoms with E-state index in [9.17, 15) is 4.79 Å². The van der Waals surface area contributed by atoms with Gasteiger partial charge in [0, 0.05) is 25.3 Å². The number of nitrogens with one attached hydrogen (secondary N) is 1. The van der Waals surface area contributed by atoms with Crippen molar-refractivity contribution in [2.24, 2.45) is 0 Å². The molecule has 3 rings (SSSR count). The maximum absolute atomic E-state index is 12.3. The van der Waals surface area contributed by atoms with Crippen molar-refractivity contribution >= 4 is 11.6 Å². The quantitative estimate of drug-likeness (QED) is 0.719. The van der Waals surface area contributed by atoms with Gasteiger partial charge in [-0.1, -0.05) is 43.3 Å². The molecule has 1 heterocycles. The van der Waals surface area contributed by atoms with Gasteiger partial charge in [-0.3, -0.25) is 4.79 Å². The van der Waals surface area contributed by atoms with Crippen LogP contribution in [0, 0.1) is 0 Å². The second-order valence-corrected chi connectivity index (χ2v) is 7.09. The van der Waals surface area contributed by atoms with Crippen LogP contribution in [-0.2, 0) is 17.6 Å². The van der Waals surface area contributed by atoms with E-state index in [2.05, 4.69) is 41.4 Å². The third-order valence-corrected chi connectivity index (χ3v) is 5.14. The Balaban J connectivity index is 1.43. The van der Waals surface area contributed by atoms with Crippen LogP contribution >= 0.6 is 0 Å². The average molecular weight is 367 g/mol. The molecule has 0 spiro atoms. The average Bonchev–Trinajstić information content (AvgIpc) is 2.71. The van der Waals surface area contributed by atoms with Gasteiger partial charge in [0.25, 0.3) is 5.91 Å². The minimum absolute atomic E-state index is 0.0556. The predicted molar refractivity (Wildman–Crippen MR) is 111 cm³/mol. The summed E-state index contributed by atoms with van der Waals surface area (Å²) in [4.78, 5) is 14.8. The van der Waals surface area contributed by atoms with Gasteiger partial charge in [-0.15, -0.1) is 0 Å². The van der Waals surface area contributed by atoms with Crippen LogP contribution < -0.4 is 15.0 Å². The van der Waals surface area contributed by atoms with E-state index >= 15 is 0 Å². The molecule has 0 unspecified atom stereocenters. The lowest BCUT2D eigenvalue weighted by atomic mass is 10.0. The topological polar surface area (TPSA) is 41.6 Å². The van der Waals surface area contributed by atoms with Gasteiger partial charge in [0.05, 0.1) is 0 Å². The van der Waals surface area contributed by atoms with Crippen molar-refractivity contribution < 1.29 is 9.53 Å². The Labute approximate surface area is 162 Å². The van der Waals surface area contributed by atoms with Gasteiger partial charge in [-0.25, -0.2) is 0 Å². The van der Waals surface area contributed by atoms with E-state index in [4.69, 9.17) is 4.74 Å². The first kappa shape index (κ1) is 19.3. The van der Waals surface area contributed by atoms with Crippen molar-refractivity contribution in [1.29, 1.82) is 0 Å². The molecule has 4 nitrogen and oxygen atoms in total. The molecule has 0 radical (unpaired) electrons. The third-order valence-electron chi connectivity index (χ3n) is 5.14. The number of para-hydroxylation sites is 2. The number of fused-ring (bicyclic) bond motifs is 1. The maximum Gasteiger partial charge on any atom is 0.260 e. The number of carbonyl (C=O) groups excluding carboxylic acids is 1. The van der Waals surface area contributed by atoms with Crippen LogP contribution in [0.25, 0.3) is 0 Å². The highest BCUT2D eigenvalue weighted by Gasteiger charge is 2.17. The molecule has 27 heavy (non-hydrogen) atoms. The first-order chi connectivity index (χ1) is 13.2. The van der Waals surface area contributed by atoms with Crippen LogP contribution in [0.5, 0.6) is 5.75 Å². The van der Waals surface area contributed by atoms with E-state index in [1.807, 2.05) is 31.2 Å². The fourth-order valence-electron chi connectivity index (χ4n) is 3.62. The number of nitrogens with zero attached hydrogens (tertiary/aromatic N) is 1. The molecule has 0 saturated heterocycles. The van der Waals surface area contributed by atoms with Crippen molar-refractivity contribution in [3.63, 3.8) is 0 Å². The van der Waals surface area contributed by atoms with Crippen LogP contribution in [0.1, 0.15) is 37.8 Å². The normalized spacial score (nSPS) is 14.4. The zero-order valence-corrected chi connectivity index (χ0v) is 16.4. The van der Waals surface area contributed by atoms with E-state index in [0.717, 1.165) is 43.7 Å². The zero-order valence-electron chi connectivity index (χ0n) is 16.4. The molecule has 0 bridgehead atoms. The first-order valence-electron chi connectivity index (χ1n) is 10.0. The lowest BCUT2D eigenvalue weighted by molar-refractivity contribution is -0.127. The summed E-state index contributed by atoms with van der Waals surface area (Å²) in [7, 11) is 0. The summed E-state index contributed by atoms with van der Waals surface area (Å²) in [6.07, 6.45) is 3.69. The molecular formula is C23H30N2O2. The van der Waals surface area contributed by atoms with Crippen molar-refractivity contribution in [2.75, 3.05) is 24.5 Å². The third kappa shape index (κ3) is 5.03. The van der Waals surface area contributed by atoms with Gasteiger partial charge in [-0.05, 0) is 55.9 Å².